The summed E-state index contributed by atoms with van der Waals surface area (Å²) in [6.45, 7) is 0. The Morgan fingerprint density at radius 2 is 1.96 bits per heavy atom. The number of esters is 1. The molecule has 1 aromatic carbocycles. The summed E-state index contributed by atoms with van der Waals surface area (Å²) in [5.41, 5.74) is 0.689. The van der Waals surface area contributed by atoms with Crippen LogP contribution in [0, 0.1) is 0 Å². The summed E-state index contributed by atoms with van der Waals surface area (Å²) in [6.07, 6.45) is 1.93. The van der Waals surface area contributed by atoms with Gasteiger partial charge in [-0.15, -0.1) is 11.8 Å². The van der Waals surface area contributed by atoms with Crippen molar-refractivity contribution >= 4 is 50.7 Å². The number of halogens is 1. The summed E-state index contributed by atoms with van der Waals surface area (Å²) in [6, 6.07) is 2.78. The predicted molar refractivity (Wildman–Crippen MR) is 107 cm³/mol. The molecule has 0 aromatic heterocycles. The third-order valence-corrected chi connectivity index (χ3v) is 8.19. The van der Waals surface area contributed by atoms with Crippen molar-refractivity contribution < 1.29 is 27.5 Å². The van der Waals surface area contributed by atoms with E-state index in [0.29, 0.717) is 29.1 Å². The Morgan fingerprint density at radius 1 is 1.21 bits per heavy atom. The van der Waals surface area contributed by atoms with Crippen LogP contribution < -0.4 is 0 Å². The average Bonchev–Trinajstić information content (AvgIpc) is 2.97. The topological polar surface area (TPSA) is 94.6 Å². The number of carbonyl (C=O) groups is 3. The molecule has 28 heavy (non-hydrogen) atoms. The number of ketones is 2. The fourth-order valence-electron chi connectivity index (χ4n) is 3.36. The maximum Gasteiger partial charge on any atom is 0.306 e. The highest BCUT2D eigenvalue weighted by molar-refractivity contribution is 8.03. The van der Waals surface area contributed by atoms with Gasteiger partial charge < -0.3 is 4.74 Å². The highest BCUT2D eigenvalue weighted by atomic mass is 35.5. The van der Waals surface area contributed by atoms with Gasteiger partial charge in [0.15, 0.2) is 21.4 Å². The number of sulfone groups is 1. The van der Waals surface area contributed by atoms with E-state index < -0.39 is 15.6 Å². The third kappa shape index (κ3) is 4.04. The first-order valence-corrected chi connectivity index (χ1v) is 11.8. The first-order chi connectivity index (χ1) is 13.3. The molecule has 0 unspecified atom stereocenters. The summed E-state index contributed by atoms with van der Waals surface area (Å²) < 4.78 is 28.7. The van der Waals surface area contributed by atoms with Gasteiger partial charge in [0.1, 0.15) is 0 Å². The van der Waals surface area contributed by atoms with E-state index in [4.69, 9.17) is 11.6 Å². The SMILES string of the molecule is COC(=O)CCSC1=C(C(=O)c2ccc3c(c2Cl)CCS3(=O)=O)C(=O)CCC1. The van der Waals surface area contributed by atoms with E-state index in [1.165, 1.54) is 31.0 Å². The van der Waals surface area contributed by atoms with Crippen LogP contribution in [0.2, 0.25) is 5.02 Å². The molecule has 1 aromatic rings. The molecule has 1 heterocycles. The molecule has 3 rings (SSSR count). The Balaban J connectivity index is 1.94. The molecule has 6 nitrogen and oxygen atoms in total. The van der Waals surface area contributed by atoms with Crippen LogP contribution in [0.25, 0.3) is 0 Å². The highest BCUT2D eigenvalue weighted by Gasteiger charge is 2.33. The number of methoxy groups -OCH3 is 1. The van der Waals surface area contributed by atoms with Crippen molar-refractivity contribution in [1.82, 2.24) is 0 Å². The number of benzene rings is 1. The van der Waals surface area contributed by atoms with Gasteiger partial charge >= 0.3 is 5.97 Å². The van der Waals surface area contributed by atoms with E-state index in [1.54, 1.807) is 0 Å². The fourth-order valence-corrected chi connectivity index (χ4v) is 6.46. The number of hydrogen-bond acceptors (Lipinski definition) is 7. The van der Waals surface area contributed by atoms with Crippen LogP contribution in [0.15, 0.2) is 27.5 Å². The zero-order valence-corrected chi connectivity index (χ0v) is 17.6. The van der Waals surface area contributed by atoms with E-state index >= 15 is 0 Å². The lowest BCUT2D eigenvalue weighted by Crippen LogP contribution is -2.19. The lowest BCUT2D eigenvalue weighted by atomic mass is 9.91. The molecule has 150 valence electrons. The summed E-state index contributed by atoms with van der Waals surface area (Å²) >= 11 is 7.67. The molecular formula is C19H19ClO6S2. The van der Waals surface area contributed by atoms with Crippen LogP contribution in [0.5, 0.6) is 0 Å². The van der Waals surface area contributed by atoms with E-state index in [9.17, 15) is 22.8 Å². The molecule has 2 aliphatic rings. The van der Waals surface area contributed by atoms with Gasteiger partial charge in [0, 0.05) is 17.7 Å². The lowest BCUT2D eigenvalue weighted by Gasteiger charge is -2.19. The second kappa shape index (κ2) is 8.39. The van der Waals surface area contributed by atoms with Gasteiger partial charge in [-0.1, -0.05) is 11.6 Å². The molecule has 0 saturated carbocycles. The molecule has 0 fully saturated rings. The number of Topliss-reactive ketones (excluding diaryl/α,β-unsaturated/α-hetero) is 2. The Bertz CT molecular complexity index is 994. The van der Waals surface area contributed by atoms with Crippen molar-refractivity contribution in [1.29, 1.82) is 0 Å². The Morgan fingerprint density at radius 3 is 2.68 bits per heavy atom. The standard InChI is InChI=1S/C19H19ClO6S2/c1-26-16(22)7-9-27-14-4-2-3-13(21)17(14)19(23)12-5-6-15-11(18(12)20)8-10-28(15,24)25/h5-6H,2-4,7-10H2,1H3. The minimum Gasteiger partial charge on any atom is -0.469 e. The molecule has 0 bridgehead atoms. The van der Waals surface area contributed by atoms with Crippen LogP contribution >= 0.6 is 23.4 Å². The van der Waals surface area contributed by atoms with Gasteiger partial charge in [0.25, 0.3) is 0 Å². The first-order valence-electron chi connectivity index (χ1n) is 8.81. The highest BCUT2D eigenvalue weighted by Crippen LogP contribution is 2.38. The van der Waals surface area contributed by atoms with Gasteiger partial charge in [-0.05, 0) is 41.9 Å². The van der Waals surface area contributed by atoms with Gasteiger partial charge in [-0.25, -0.2) is 8.42 Å². The van der Waals surface area contributed by atoms with E-state index in [0.717, 1.165) is 0 Å². The number of hydrogen-bond donors (Lipinski definition) is 0. The lowest BCUT2D eigenvalue weighted by molar-refractivity contribution is -0.140. The number of allylic oxidation sites excluding steroid dienone is 2. The molecule has 0 spiro atoms. The minimum absolute atomic E-state index is 0.0318. The monoisotopic (exact) mass is 442 g/mol. The van der Waals surface area contributed by atoms with E-state index in [2.05, 4.69) is 4.74 Å². The Kier molecular flexibility index (Phi) is 6.31. The van der Waals surface area contributed by atoms with Crippen LogP contribution in [-0.2, 0) is 30.6 Å². The summed E-state index contributed by atoms with van der Waals surface area (Å²) in [5.74, 6) is -0.715. The normalized spacial score (nSPS) is 18.1. The van der Waals surface area contributed by atoms with Gasteiger partial charge in [0.2, 0.25) is 0 Å². The molecule has 0 N–H and O–H groups in total. The van der Waals surface area contributed by atoms with E-state index in [1.807, 2.05) is 0 Å². The van der Waals surface area contributed by atoms with Crippen LogP contribution in [0.1, 0.15) is 41.6 Å². The Hall–Kier alpha value is -1.64. The maximum atomic E-state index is 13.1. The van der Waals surface area contributed by atoms with Gasteiger partial charge in [-0.2, -0.15) is 0 Å². The molecule has 0 radical (unpaired) electrons. The molecule has 0 atom stereocenters. The molecule has 9 heteroatoms. The second-order valence-electron chi connectivity index (χ2n) is 6.55. The summed E-state index contributed by atoms with van der Waals surface area (Å²) in [5, 5.41) is 0.105. The largest absolute Gasteiger partial charge is 0.469 e. The molecular weight excluding hydrogens is 424 g/mol. The number of rotatable bonds is 6. The third-order valence-electron chi connectivity index (χ3n) is 4.80. The van der Waals surface area contributed by atoms with Crippen molar-refractivity contribution in [3.8, 4) is 0 Å². The second-order valence-corrected chi connectivity index (χ2v) is 10.2. The first kappa shape index (κ1) is 21.1. The zero-order valence-electron chi connectivity index (χ0n) is 15.2. The predicted octanol–water partition coefficient (Wildman–Crippen LogP) is 3.16. The number of carbonyl (C=O) groups excluding carboxylic acids is 3. The van der Waals surface area contributed by atoms with Gasteiger partial charge in [-0.3, -0.25) is 14.4 Å². The fraction of sp³-hybridized carbons (Fsp3) is 0.421. The van der Waals surface area contributed by atoms with Gasteiger partial charge in [0.05, 0.1) is 34.8 Å². The van der Waals surface area contributed by atoms with E-state index in [-0.39, 0.29) is 57.8 Å². The van der Waals surface area contributed by atoms with Crippen LogP contribution in [0.3, 0.4) is 0 Å². The smallest absolute Gasteiger partial charge is 0.306 e. The molecule has 0 amide bonds. The minimum atomic E-state index is -3.36. The number of thioether (sulfide) groups is 1. The Labute approximate surface area is 172 Å². The molecule has 1 aliphatic carbocycles. The van der Waals surface area contributed by atoms with Crippen molar-refractivity contribution in [2.45, 2.75) is 37.0 Å². The van der Waals surface area contributed by atoms with Crippen molar-refractivity contribution in [2.75, 3.05) is 18.6 Å². The summed E-state index contributed by atoms with van der Waals surface area (Å²) in [7, 11) is -2.06. The van der Waals surface area contributed by atoms with Crippen molar-refractivity contribution in [2.24, 2.45) is 0 Å². The average molecular weight is 443 g/mol. The quantitative estimate of drug-likeness (QED) is 0.379. The van der Waals surface area contributed by atoms with Crippen molar-refractivity contribution in [3.05, 3.63) is 38.8 Å². The molecule has 0 saturated heterocycles. The van der Waals surface area contributed by atoms with Crippen LogP contribution in [0.4, 0.5) is 0 Å². The maximum absolute atomic E-state index is 13.1. The summed E-state index contributed by atoms with van der Waals surface area (Å²) in [4.78, 5) is 37.8. The van der Waals surface area contributed by atoms with Crippen molar-refractivity contribution in [3.63, 3.8) is 0 Å². The zero-order chi connectivity index (χ0) is 20.5. The van der Waals surface area contributed by atoms with Crippen LogP contribution in [-0.4, -0.2) is 44.6 Å². The molecule has 1 aliphatic heterocycles. The number of ether oxygens (including phenoxy) is 1. The number of fused-ring (bicyclic) bond motifs is 1.